The van der Waals surface area contributed by atoms with Crippen molar-refractivity contribution >= 4 is 17.1 Å². The Hall–Kier alpha value is -3.30. The summed E-state index contributed by atoms with van der Waals surface area (Å²) in [6, 6.07) is 6.55. The normalized spacial score (nSPS) is 26.4. The average molecular weight is 457 g/mol. The molecule has 10 heteroatoms. The fourth-order valence-corrected chi connectivity index (χ4v) is 5.32. The zero-order valence-corrected chi connectivity index (χ0v) is 17.7. The molecule has 33 heavy (non-hydrogen) atoms. The third kappa shape index (κ3) is 3.30. The minimum Gasteiger partial charge on any atom is -0.366 e. The molecule has 0 radical (unpaired) electrons. The number of rotatable bonds is 4. The minimum atomic E-state index is -2.92. The van der Waals surface area contributed by atoms with E-state index in [1.54, 1.807) is 16.9 Å². The zero-order valence-electron chi connectivity index (χ0n) is 17.7. The molecule has 1 aliphatic carbocycles. The molecule has 0 aromatic carbocycles. The van der Waals surface area contributed by atoms with Gasteiger partial charge in [-0.25, -0.2) is 8.91 Å². The van der Waals surface area contributed by atoms with Crippen molar-refractivity contribution < 1.29 is 18.0 Å². The van der Waals surface area contributed by atoms with E-state index in [9.17, 15) is 22.8 Å². The first-order valence-corrected chi connectivity index (χ1v) is 11.1. The van der Waals surface area contributed by atoms with Gasteiger partial charge in [0.15, 0.2) is 0 Å². The number of hydrogen-bond acceptors (Lipinski definition) is 4. The van der Waals surface area contributed by atoms with Crippen molar-refractivity contribution in [2.75, 3.05) is 18.0 Å². The van der Waals surface area contributed by atoms with Crippen LogP contribution in [0.15, 0.2) is 47.7 Å². The Bertz CT molecular complexity index is 1290. The van der Waals surface area contributed by atoms with Crippen molar-refractivity contribution in [1.29, 1.82) is 0 Å². The number of fused-ring (bicyclic) bond motifs is 3. The number of nitrogens with zero attached hydrogens (tertiary/aromatic N) is 5. The molecule has 0 spiro atoms. The second-order valence-electron chi connectivity index (χ2n) is 9.11. The Labute approximate surface area is 187 Å². The summed E-state index contributed by atoms with van der Waals surface area (Å²) in [5.41, 5.74) is 2.16. The highest BCUT2D eigenvalue weighted by Gasteiger charge is 2.51. The molecule has 172 valence electrons. The smallest absolute Gasteiger partial charge is 0.321 e. The number of halogens is 3. The Morgan fingerprint density at radius 1 is 1.06 bits per heavy atom. The molecule has 7 nitrogen and oxygen atoms in total. The average Bonchev–Trinajstić information content (AvgIpc) is 3.26. The molecule has 1 saturated carbocycles. The molecule has 5 heterocycles. The van der Waals surface area contributed by atoms with Crippen LogP contribution in [0, 0.1) is 5.92 Å². The second-order valence-corrected chi connectivity index (χ2v) is 9.11. The summed E-state index contributed by atoms with van der Waals surface area (Å²) in [7, 11) is 0. The fourth-order valence-electron chi connectivity index (χ4n) is 5.32. The maximum absolute atomic E-state index is 13.5. The van der Waals surface area contributed by atoms with Crippen molar-refractivity contribution in [3.63, 3.8) is 0 Å². The van der Waals surface area contributed by atoms with E-state index in [1.807, 2.05) is 17.0 Å². The first-order chi connectivity index (χ1) is 15.9. The summed E-state index contributed by atoms with van der Waals surface area (Å²) in [5.74, 6) is -0.509. The molecule has 6 rings (SSSR count). The lowest BCUT2D eigenvalue weighted by molar-refractivity contribution is -0.136. The van der Waals surface area contributed by atoms with E-state index in [-0.39, 0.29) is 18.0 Å². The van der Waals surface area contributed by atoms with Crippen LogP contribution >= 0.6 is 0 Å². The van der Waals surface area contributed by atoms with Crippen LogP contribution in [0.5, 0.6) is 0 Å². The van der Waals surface area contributed by atoms with E-state index < -0.39 is 24.2 Å². The van der Waals surface area contributed by atoms with Gasteiger partial charge in [-0.3, -0.25) is 14.2 Å². The summed E-state index contributed by atoms with van der Waals surface area (Å²) < 4.78 is 41.9. The first-order valence-electron chi connectivity index (χ1n) is 11.1. The van der Waals surface area contributed by atoms with Crippen molar-refractivity contribution in [3.05, 3.63) is 53.2 Å². The van der Waals surface area contributed by atoms with Gasteiger partial charge in [0.25, 0.3) is 5.56 Å². The van der Waals surface area contributed by atoms with Crippen molar-refractivity contribution in [2.45, 2.75) is 44.1 Å². The molecule has 2 unspecified atom stereocenters. The van der Waals surface area contributed by atoms with Gasteiger partial charge in [0.2, 0.25) is 5.91 Å². The first kappa shape index (κ1) is 20.3. The van der Waals surface area contributed by atoms with Gasteiger partial charge in [0, 0.05) is 61.0 Å². The number of alkyl halides is 3. The number of carbonyl (C=O) groups excluding carboxylic acids is 1. The van der Waals surface area contributed by atoms with Crippen LogP contribution in [-0.4, -0.2) is 56.3 Å². The predicted octanol–water partition coefficient (Wildman–Crippen LogP) is 3.10. The van der Waals surface area contributed by atoms with E-state index in [0.29, 0.717) is 35.2 Å². The van der Waals surface area contributed by atoms with Crippen LogP contribution in [0.1, 0.15) is 25.8 Å². The molecule has 3 aromatic heterocycles. The molecular weight excluding hydrogens is 435 g/mol. The van der Waals surface area contributed by atoms with Crippen LogP contribution in [0.25, 0.3) is 16.6 Å². The van der Waals surface area contributed by atoms with Crippen LogP contribution in [-0.2, 0) is 4.79 Å². The highest BCUT2D eigenvalue weighted by molar-refractivity contribution is 5.84. The topological polar surface area (TPSA) is 62.9 Å². The molecule has 2 aliphatic heterocycles. The molecule has 1 amide bonds. The highest BCUT2D eigenvalue weighted by Crippen LogP contribution is 2.41. The van der Waals surface area contributed by atoms with E-state index in [4.69, 9.17) is 0 Å². The predicted molar refractivity (Wildman–Crippen MR) is 115 cm³/mol. The number of aromatic nitrogens is 3. The van der Waals surface area contributed by atoms with E-state index in [0.717, 1.165) is 36.3 Å². The lowest BCUT2D eigenvalue weighted by atomic mass is 10.1. The number of amides is 1. The maximum atomic E-state index is 13.5. The highest BCUT2D eigenvalue weighted by atomic mass is 19.3. The van der Waals surface area contributed by atoms with Gasteiger partial charge in [0.1, 0.15) is 6.17 Å². The SMILES string of the molecule is O=C([C@@H]1C[C@H]1F)N1C2CCC1CN(c1ccnn3cc(-c4ccc(=O)n(C(F)F)c4)cc13)C2. The zero-order chi connectivity index (χ0) is 22.9. The molecule has 2 saturated heterocycles. The third-order valence-electron chi connectivity index (χ3n) is 7.08. The standard InChI is InChI=1S/C23H22F3N5O2/c24-18-8-17(18)22(33)31-15-2-3-16(31)12-28(11-15)19-5-6-27-30-10-14(7-20(19)30)13-1-4-21(32)29(9-13)23(25)26/h1,4-7,9-10,15-18,23H,2-3,8,11-12H2/t15?,16?,17-,18-/m1/s1. The molecule has 0 N–H and O–H groups in total. The summed E-state index contributed by atoms with van der Waals surface area (Å²) in [4.78, 5) is 28.6. The van der Waals surface area contributed by atoms with E-state index >= 15 is 0 Å². The van der Waals surface area contributed by atoms with Crippen molar-refractivity contribution in [2.24, 2.45) is 5.92 Å². The van der Waals surface area contributed by atoms with Gasteiger partial charge in [-0.05, 0) is 37.5 Å². The molecule has 3 aromatic rings. The number of carbonyl (C=O) groups is 1. The largest absolute Gasteiger partial charge is 0.366 e. The Morgan fingerprint density at radius 2 is 1.79 bits per heavy atom. The van der Waals surface area contributed by atoms with Crippen molar-refractivity contribution in [1.82, 2.24) is 19.1 Å². The molecule has 3 fully saturated rings. The number of pyridine rings is 1. The minimum absolute atomic E-state index is 0.0475. The summed E-state index contributed by atoms with van der Waals surface area (Å²) in [6.45, 7) is -1.61. The lowest BCUT2D eigenvalue weighted by Gasteiger charge is -2.42. The monoisotopic (exact) mass is 457 g/mol. The quantitative estimate of drug-likeness (QED) is 0.604. The van der Waals surface area contributed by atoms with Crippen LogP contribution in [0.2, 0.25) is 0 Å². The van der Waals surface area contributed by atoms with E-state index in [2.05, 4.69) is 10.00 Å². The molecule has 2 bridgehead atoms. The van der Waals surface area contributed by atoms with Gasteiger partial charge in [0.05, 0.1) is 17.1 Å². The molecule has 3 aliphatic rings. The molecule has 4 atom stereocenters. The maximum Gasteiger partial charge on any atom is 0.321 e. The van der Waals surface area contributed by atoms with Crippen LogP contribution in [0.4, 0.5) is 18.9 Å². The molecular formula is C23H22F3N5O2. The van der Waals surface area contributed by atoms with Crippen LogP contribution in [0.3, 0.4) is 0 Å². The fraction of sp³-hybridized carbons (Fsp3) is 0.435. The lowest BCUT2D eigenvalue weighted by Crippen LogP contribution is -2.56. The van der Waals surface area contributed by atoms with Gasteiger partial charge in [-0.1, -0.05) is 0 Å². The number of anilines is 1. The number of hydrogen-bond donors (Lipinski definition) is 0. The Balaban J connectivity index is 1.31. The van der Waals surface area contributed by atoms with Gasteiger partial charge >= 0.3 is 6.55 Å². The third-order valence-corrected chi connectivity index (χ3v) is 7.08. The summed E-state index contributed by atoms with van der Waals surface area (Å²) in [6.07, 6.45) is 5.74. The van der Waals surface area contributed by atoms with Gasteiger partial charge in [-0.2, -0.15) is 13.9 Å². The number of piperazine rings is 1. The second kappa shape index (κ2) is 7.36. The summed E-state index contributed by atoms with van der Waals surface area (Å²) in [5, 5.41) is 4.36. The van der Waals surface area contributed by atoms with Gasteiger partial charge in [-0.15, -0.1) is 0 Å². The van der Waals surface area contributed by atoms with Crippen molar-refractivity contribution in [3.8, 4) is 11.1 Å². The van der Waals surface area contributed by atoms with Gasteiger partial charge < -0.3 is 9.80 Å². The summed E-state index contributed by atoms with van der Waals surface area (Å²) >= 11 is 0. The Kier molecular flexibility index (Phi) is 4.53. The Morgan fingerprint density at radius 3 is 2.45 bits per heavy atom. The van der Waals surface area contributed by atoms with E-state index in [1.165, 1.54) is 6.07 Å². The van der Waals surface area contributed by atoms with Crippen LogP contribution < -0.4 is 10.5 Å².